The quantitative estimate of drug-likeness (QED) is 0.512. The number of ether oxygens (including phenoxy) is 1. The Morgan fingerprint density at radius 1 is 1.10 bits per heavy atom. The smallest absolute Gasteiger partial charge is 0.251 e. The first-order chi connectivity index (χ1) is 14.7. The van der Waals surface area contributed by atoms with Crippen molar-refractivity contribution >= 4 is 17.8 Å². The second-order valence-electron chi connectivity index (χ2n) is 7.56. The minimum absolute atomic E-state index is 0.00886. The van der Waals surface area contributed by atoms with Crippen LogP contribution in [-0.2, 0) is 20.9 Å². The predicted molar refractivity (Wildman–Crippen MR) is 116 cm³/mol. The molecule has 2 heterocycles. The summed E-state index contributed by atoms with van der Waals surface area (Å²) in [7, 11) is 0. The lowest BCUT2D eigenvalue weighted by atomic mass is 10.2. The van der Waals surface area contributed by atoms with Crippen molar-refractivity contribution in [2.24, 2.45) is 4.99 Å². The predicted octanol–water partition coefficient (Wildman–Crippen LogP) is 0.982. The summed E-state index contributed by atoms with van der Waals surface area (Å²) in [4.78, 5) is 33.3. The monoisotopic (exact) mass is 415 g/mol. The summed E-state index contributed by atoms with van der Waals surface area (Å²) in [5, 5.41) is 6.23. The van der Waals surface area contributed by atoms with E-state index in [1.165, 1.54) is 0 Å². The largest absolute Gasteiger partial charge is 0.368 e. The van der Waals surface area contributed by atoms with E-state index < -0.39 is 0 Å². The number of rotatable bonds is 7. The zero-order chi connectivity index (χ0) is 21.2. The Hall–Kier alpha value is -2.61. The first-order valence-electron chi connectivity index (χ1n) is 10.9. The Morgan fingerprint density at radius 3 is 2.50 bits per heavy atom. The fraction of sp³-hybridized carbons (Fsp3) is 0.591. The molecule has 2 N–H and O–H groups in total. The average Bonchev–Trinajstić information content (AvgIpc) is 3.32. The third-order valence-electron chi connectivity index (χ3n) is 5.36. The summed E-state index contributed by atoms with van der Waals surface area (Å²) in [5.74, 6) is 0.909. The maximum absolute atomic E-state index is 12.5. The van der Waals surface area contributed by atoms with Crippen LogP contribution in [0.4, 0.5) is 0 Å². The van der Waals surface area contributed by atoms with Crippen molar-refractivity contribution in [3.8, 4) is 0 Å². The molecular weight excluding hydrogens is 382 g/mol. The number of amides is 2. The van der Waals surface area contributed by atoms with Gasteiger partial charge in [-0.3, -0.25) is 14.6 Å². The van der Waals surface area contributed by atoms with Crippen LogP contribution in [0, 0.1) is 0 Å². The van der Waals surface area contributed by atoms with Gasteiger partial charge in [-0.05, 0) is 25.3 Å². The van der Waals surface area contributed by atoms with E-state index in [0.717, 1.165) is 44.0 Å². The normalized spacial score (nSPS) is 19.6. The summed E-state index contributed by atoms with van der Waals surface area (Å²) < 4.78 is 5.53. The Bertz CT molecular complexity index is 711. The fourth-order valence-electron chi connectivity index (χ4n) is 3.69. The molecule has 0 saturated carbocycles. The van der Waals surface area contributed by atoms with Crippen molar-refractivity contribution in [1.82, 2.24) is 20.4 Å². The van der Waals surface area contributed by atoms with E-state index in [2.05, 4.69) is 20.5 Å². The van der Waals surface area contributed by atoms with Crippen molar-refractivity contribution < 1.29 is 14.3 Å². The highest BCUT2D eigenvalue weighted by Crippen LogP contribution is 2.16. The molecular formula is C22H33N5O3. The van der Waals surface area contributed by atoms with E-state index in [-0.39, 0.29) is 17.9 Å². The minimum Gasteiger partial charge on any atom is -0.368 e. The molecule has 1 unspecified atom stereocenters. The highest BCUT2D eigenvalue weighted by atomic mass is 16.5. The van der Waals surface area contributed by atoms with Crippen LogP contribution in [0.15, 0.2) is 35.3 Å². The zero-order valence-corrected chi connectivity index (χ0v) is 17.8. The molecule has 8 nitrogen and oxygen atoms in total. The van der Waals surface area contributed by atoms with Gasteiger partial charge in [0, 0.05) is 52.3 Å². The van der Waals surface area contributed by atoms with Crippen molar-refractivity contribution in [3.63, 3.8) is 0 Å². The molecule has 1 atom stereocenters. The van der Waals surface area contributed by atoms with Gasteiger partial charge >= 0.3 is 0 Å². The van der Waals surface area contributed by atoms with Crippen molar-refractivity contribution in [2.45, 2.75) is 38.8 Å². The number of nitrogens with zero attached hydrogens (tertiary/aromatic N) is 3. The van der Waals surface area contributed by atoms with Crippen molar-refractivity contribution in [3.05, 3.63) is 35.9 Å². The van der Waals surface area contributed by atoms with Crippen LogP contribution in [0.1, 0.15) is 31.7 Å². The first-order valence-corrected chi connectivity index (χ1v) is 10.9. The van der Waals surface area contributed by atoms with Gasteiger partial charge in [-0.25, -0.2) is 0 Å². The molecule has 2 aliphatic heterocycles. The summed E-state index contributed by atoms with van der Waals surface area (Å²) in [6, 6.07) is 9.86. The number of carbonyl (C=O) groups is 2. The zero-order valence-electron chi connectivity index (χ0n) is 17.8. The number of piperazine rings is 1. The van der Waals surface area contributed by atoms with Crippen LogP contribution >= 0.6 is 0 Å². The molecule has 2 fully saturated rings. The Balaban J connectivity index is 1.42. The summed E-state index contributed by atoms with van der Waals surface area (Å²) in [6.45, 7) is 7.22. The third-order valence-corrected chi connectivity index (χ3v) is 5.36. The van der Waals surface area contributed by atoms with Crippen LogP contribution in [0.5, 0.6) is 0 Å². The molecule has 164 valence electrons. The van der Waals surface area contributed by atoms with E-state index in [4.69, 9.17) is 4.74 Å². The third kappa shape index (κ3) is 6.45. The van der Waals surface area contributed by atoms with Crippen LogP contribution in [0.25, 0.3) is 0 Å². The van der Waals surface area contributed by atoms with Gasteiger partial charge in [-0.1, -0.05) is 30.3 Å². The van der Waals surface area contributed by atoms with Gasteiger partial charge in [0.2, 0.25) is 5.91 Å². The Labute approximate surface area is 178 Å². The molecule has 8 heteroatoms. The van der Waals surface area contributed by atoms with Crippen LogP contribution < -0.4 is 10.6 Å². The van der Waals surface area contributed by atoms with Crippen molar-refractivity contribution in [2.75, 3.05) is 45.9 Å². The lowest BCUT2D eigenvalue weighted by Gasteiger charge is -2.37. The van der Waals surface area contributed by atoms with Gasteiger partial charge < -0.3 is 25.2 Å². The van der Waals surface area contributed by atoms with E-state index in [1.54, 1.807) is 0 Å². The van der Waals surface area contributed by atoms with Crippen LogP contribution in [0.2, 0.25) is 0 Å². The molecule has 3 rings (SSSR count). The summed E-state index contributed by atoms with van der Waals surface area (Å²) in [6.07, 6.45) is 1.88. The Kier molecular flexibility index (Phi) is 8.50. The van der Waals surface area contributed by atoms with E-state index in [1.807, 2.05) is 42.2 Å². The van der Waals surface area contributed by atoms with Gasteiger partial charge in [0.15, 0.2) is 5.96 Å². The second-order valence-corrected chi connectivity index (χ2v) is 7.56. The molecule has 0 spiro atoms. The summed E-state index contributed by atoms with van der Waals surface area (Å²) >= 11 is 0. The molecule has 2 saturated heterocycles. The number of guanidine groups is 1. The highest BCUT2D eigenvalue weighted by molar-refractivity contribution is 5.83. The minimum atomic E-state index is -0.257. The van der Waals surface area contributed by atoms with Gasteiger partial charge in [-0.15, -0.1) is 0 Å². The molecule has 2 aliphatic rings. The number of hydrogen-bond acceptors (Lipinski definition) is 4. The first kappa shape index (κ1) is 22.1. The molecule has 1 aromatic carbocycles. The maximum Gasteiger partial charge on any atom is 0.251 e. The number of hydrogen-bond donors (Lipinski definition) is 2. The SMILES string of the molecule is CCNC(=NCCC(=O)NCc1ccccc1)N1CCN(C(=O)C2CCCO2)CC1. The summed E-state index contributed by atoms with van der Waals surface area (Å²) in [5.41, 5.74) is 1.08. The topological polar surface area (TPSA) is 86.3 Å². The standard InChI is InChI=1S/C22H33N5O3/c1-2-23-22(24-11-10-20(28)25-17-18-7-4-3-5-8-18)27-14-12-26(13-15-27)21(29)19-9-6-16-30-19/h3-5,7-8,19H,2,6,9-17H2,1H3,(H,23,24)(H,25,28). The van der Waals surface area contributed by atoms with Gasteiger partial charge in [0.25, 0.3) is 5.91 Å². The molecule has 0 radical (unpaired) electrons. The molecule has 2 amide bonds. The van der Waals surface area contributed by atoms with Gasteiger partial charge in [-0.2, -0.15) is 0 Å². The molecule has 30 heavy (non-hydrogen) atoms. The Morgan fingerprint density at radius 2 is 1.83 bits per heavy atom. The van der Waals surface area contributed by atoms with E-state index >= 15 is 0 Å². The maximum atomic E-state index is 12.5. The van der Waals surface area contributed by atoms with Crippen molar-refractivity contribution in [1.29, 1.82) is 0 Å². The van der Waals surface area contributed by atoms with Gasteiger partial charge in [0.05, 0.1) is 6.54 Å². The molecule has 0 aromatic heterocycles. The number of nitrogens with one attached hydrogen (secondary N) is 2. The number of carbonyl (C=O) groups excluding carboxylic acids is 2. The van der Waals surface area contributed by atoms with Crippen LogP contribution in [-0.4, -0.2) is 79.6 Å². The van der Waals surface area contributed by atoms with E-state index in [9.17, 15) is 9.59 Å². The lowest BCUT2D eigenvalue weighted by Crippen LogP contribution is -2.55. The average molecular weight is 416 g/mol. The molecule has 1 aromatic rings. The van der Waals surface area contributed by atoms with Crippen LogP contribution in [0.3, 0.4) is 0 Å². The number of aliphatic imine (C=N–C) groups is 1. The molecule has 0 bridgehead atoms. The lowest BCUT2D eigenvalue weighted by molar-refractivity contribution is -0.142. The molecule has 0 aliphatic carbocycles. The van der Waals surface area contributed by atoms with E-state index in [0.29, 0.717) is 39.2 Å². The second kappa shape index (κ2) is 11.5. The number of benzene rings is 1. The fourth-order valence-corrected chi connectivity index (χ4v) is 3.69. The highest BCUT2D eigenvalue weighted by Gasteiger charge is 2.30. The van der Waals surface area contributed by atoms with Gasteiger partial charge in [0.1, 0.15) is 6.10 Å².